The molecule has 1 aromatic carbocycles. The van der Waals surface area contributed by atoms with Crippen molar-refractivity contribution in [3.63, 3.8) is 0 Å². The van der Waals surface area contributed by atoms with Crippen LogP contribution in [0.25, 0.3) is 0 Å². The average molecular weight is 152 g/mol. The summed E-state index contributed by atoms with van der Waals surface area (Å²) in [6, 6.07) is 8.53. The van der Waals surface area contributed by atoms with Crippen molar-refractivity contribution < 1.29 is 4.39 Å². The molecule has 1 rings (SSSR count). The largest absolute Gasteiger partial charge is 0.325 e. The standard InChI is InChI=1S/C9H12FN/c1-7(11)9(10)8-5-3-2-4-6-8/h2-7,9H,11H2,1H3/t7-,9-/m0/s1/i10-1. The van der Waals surface area contributed by atoms with Crippen LogP contribution in [0.2, 0.25) is 0 Å². The number of benzene rings is 1. The highest BCUT2D eigenvalue weighted by Gasteiger charge is 2.12. The Morgan fingerprint density at radius 3 is 2.27 bits per heavy atom. The Hall–Kier alpha value is -0.890. The van der Waals surface area contributed by atoms with Crippen molar-refractivity contribution in [2.24, 2.45) is 5.73 Å². The fourth-order valence-corrected chi connectivity index (χ4v) is 0.940. The molecule has 60 valence electrons. The second-order valence-electron chi connectivity index (χ2n) is 2.67. The molecule has 0 aliphatic carbocycles. The first-order valence-corrected chi connectivity index (χ1v) is 3.66. The molecular weight excluding hydrogens is 140 g/mol. The molecule has 0 fully saturated rings. The minimum atomic E-state index is -1.05. The van der Waals surface area contributed by atoms with E-state index in [0.717, 1.165) is 0 Å². The molecular formula is C9H12FN. The number of rotatable bonds is 2. The molecule has 0 radical (unpaired) electrons. The molecule has 11 heavy (non-hydrogen) atoms. The fourth-order valence-electron chi connectivity index (χ4n) is 0.940. The van der Waals surface area contributed by atoms with Gasteiger partial charge in [-0.1, -0.05) is 30.3 Å². The molecule has 2 heteroatoms. The SMILES string of the molecule is C[C@H](N)[C@H]([18F])c1ccccc1. The Labute approximate surface area is 66.0 Å². The Bertz CT molecular complexity index is 208. The Kier molecular flexibility index (Phi) is 2.60. The van der Waals surface area contributed by atoms with Gasteiger partial charge in [-0.2, -0.15) is 0 Å². The fraction of sp³-hybridized carbons (Fsp3) is 0.333. The molecule has 0 saturated carbocycles. The molecule has 0 heterocycles. The zero-order valence-corrected chi connectivity index (χ0v) is 6.50. The monoisotopic (exact) mass is 152 g/mol. The lowest BCUT2D eigenvalue weighted by molar-refractivity contribution is 0.300. The quantitative estimate of drug-likeness (QED) is 0.689. The van der Waals surface area contributed by atoms with Crippen LogP contribution in [0.1, 0.15) is 18.7 Å². The van der Waals surface area contributed by atoms with E-state index in [-0.39, 0.29) is 0 Å². The average Bonchev–Trinajstić information content (AvgIpc) is 2.05. The minimum absolute atomic E-state index is 0.433. The van der Waals surface area contributed by atoms with Crippen LogP contribution in [0.15, 0.2) is 30.3 Å². The van der Waals surface area contributed by atoms with Crippen molar-refractivity contribution in [1.29, 1.82) is 0 Å². The topological polar surface area (TPSA) is 26.0 Å². The second-order valence-corrected chi connectivity index (χ2v) is 2.67. The highest BCUT2D eigenvalue weighted by Crippen LogP contribution is 2.18. The molecule has 0 aliphatic rings. The normalized spacial score (nSPS) is 15.9. The van der Waals surface area contributed by atoms with E-state index in [2.05, 4.69) is 0 Å². The maximum atomic E-state index is 13.1. The molecule has 0 bridgehead atoms. The van der Waals surface area contributed by atoms with Crippen molar-refractivity contribution in [2.45, 2.75) is 19.1 Å². The number of hydrogen-bond acceptors (Lipinski definition) is 1. The van der Waals surface area contributed by atoms with Crippen LogP contribution >= 0.6 is 0 Å². The van der Waals surface area contributed by atoms with Crippen molar-refractivity contribution in [3.05, 3.63) is 35.9 Å². The van der Waals surface area contributed by atoms with Gasteiger partial charge in [-0.05, 0) is 12.5 Å². The summed E-state index contributed by atoms with van der Waals surface area (Å²) >= 11 is 0. The lowest BCUT2D eigenvalue weighted by Gasteiger charge is -2.11. The molecule has 0 aliphatic heterocycles. The van der Waals surface area contributed by atoms with Gasteiger partial charge in [0.15, 0.2) is 0 Å². The highest BCUT2D eigenvalue weighted by molar-refractivity contribution is 5.18. The first kappa shape index (κ1) is 8.21. The Balaban J connectivity index is 2.77. The Morgan fingerprint density at radius 1 is 1.27 bits per heavy atom. The van der Waals surface area contributed by atoms with Gasteiger partial charge in [-0.3, -0.25) is 0 Å². The third-order valence-corrected chi connectivity index (χ3v) is 1.58. The molecule has 1 aromatic rings. The molecule has 0 spiro atoms. The zero-order valence-electron chi connectivity index (χ0n) is 6.50. The summed E-state index contributed by atoms with van der Waals surface area (Å²) in [5.74, 6) is 0. The molecule has 2 atom stereocenters. The van der Waals surface area contributed by atoms with Crippen LogP contribution in [0, 0.1) is 0 Å². The van der Waals surface area contributed by atoms with Crippen molar-refractivity contribution >= 4 is 0 Å². The number of nitrogens with two attached hydrogens (primary N) is 1. The molecule has 0 unspecified atom stereocenters. The van der Waals surface area contributed by atoms with Crippen molar-refractivity contribution in [1.82, 2.24) is 0 Å². The summed E-state index contributed by atoms with van der Waals surface area (Å²) in [4.78, 5) is 0. The van der Waals surface area contributed by atoms with E-state index in [1.54, 1.807) is 19.1 Å². The van der Waals surface area contributed by atoms with Gasteiger partial charge in [0, 0.05) is 6.04 Å². The summed E-state index contributed by atoms with van der Waals surface area (Å²) in [5, 5.41) is 0. The van der Waals surface area contributed by atoms with Crippen LogP contribution < -0.4 is 5.73 Å². The smallest absolute Gasteiger partial charge is 0.140 e. The van der Waals surface area contributed by atoms with Gasteiger partial charge in [0.25, 0.3) is 0 Å². The molecule has 2 N–H and O–H groups in total. The minimum Gasteiger partial charge on any atom is -0.325 e. The predicted molar refractivity (Wildman–Crippen MR) is 43.9 cm³/mol. The van der Waals surface area contributed by atoms with E-state index < -0.39 is 12.2 Å². The van der Waals surface area contributed by atoms with E-state index in [1.165, 1.54) is 0 Å². The maximum absolute atomic E-state index is 13.1. The first-order valence-electron chi connectivity index (χ1n) is 3.66. The molecule has 0 aromatic heterocycles. The van der Waals surface area contributed by atoms with Crippen molar-refractivity contribution in [2.75, 3.05) is 0 Å². The number of alkyl halides is 1. The first-order chi connectivity index (χ1) is 5.22. The van der Waals surface area contributed by atoms with E-state index in [4.69, 9.17) is 5.73 Å². The Morgan fingerprint density at radius 2 is 1.82 bits per heavy atom. The zero-order chi connectivity index (χ0) is 8.27. The van der Waals surface area contributed by atoms with Crippen LogP contribution in [-0.4, -0.2) is 6.04 Å². The van der Waals surface area contributed by atoms with E-state index in [1.807, 2.05) is 18.2 Å². The van der Waals surface area contributed by atoms with Crippen LogP contribution in [0.4, 0.5) is 4.39 Å². The van der Waals surface area contributed by atoms with E-state index in [9.17, 15) is 4.39 Å². The van der Waals surface area contributed by atoms with Gasteiger partial charge in [0.1, 0.15) is 6.17 Å². The molecule has 1 nitrogen and oxygen atoms in total. The van der Waals surface area contributed by atoms with Gasteiger partial charge >= 0.3 is 0 Å². The summed E-state index contributed by atoms with van der Waals surface area (Å²) in [5.41, 5.74) is 6.05. The number of halogens is 1. The molecule has 0 saturated heterocycles. The third kappa shape index (κ3) is 2.02. The van der Waals surface area contributed by atoms with Crippen LogP contribution in [-0.2, 0) is 0 Å². The molecule has 0 amide bonds. The summed E-state index contributed by atoms with van der Waals surface area (Å²) in [6.07, 6.45) is -1.05. The maximum Gasteiger partial charge on any atom is 0.140 e. The summed E-state index contributed by atoms with van der Waals surface area (Å²) < 4.78 is 13.1. The lowest BCUT2D eigenvalue weighted by atomic mass is 10.1. The van der Waals surface area contributed by atoms with Crippen LogP contribution in [0.5, 0.6) is 0 Å². The third-order valence-electron chi connectivity index (χ3n) is 1.58. The summed E-state index contributed by atoms with van der Waals surface area (Å²) in [7, 11) is 0. The van der Waals surface area contributed by atoms with Gasteiger partial charge in [-0.15, -0.1) is 0 Å². The van der Waals surface area contributed by atoms with Crippen LogP contribution in [0.3, 0.4) is 0 Å². The van der Waals surface area contributed by atoms with Crippen molar-refractivity contribution in [3.8, 4) is 0 Å². The van der Waals surface area contributed by atoms with E-state index in [0.29, 0.717) is 5.56 Å². The summed E-state index contributed by atoms with van der Waals surface area (Å²) in [6.45, 7) is 1.66. The highest BCUT2D eigenvalue weighted by atomic mass is 18.2. The lowest BCUT2D eigenvalue weighted by Crippen LogP contribution is -2.21. The number of hydrogen-bond donors (Lipinski definition) is 1. The van der Waals surface area contributed by atoms with Gasteiger partial charge in [-0.25, -0.2) is 4.39 Å². The van der Waals surface area contributed by atoms with Gasteiger partial charge in [0.05, 0.1) is 0 Å². The predicted octanol–water partition coefficient (Wildman–Crippen LogP) is 2.04. The second kappa shape index (κ2) is 3.49. The van der Waals surface area contributed by atoms with Gasteiger partial charge < -0.3 is 5.73 Å². The van der Waals surface area contributed by atoms with E-state index >= 15 is 0 Å². The van der Waals surface area contributed by atoms with Gasteiger partial charge in [0.2, 0.25) is 0 Å².